The van der Waals surface area contributed by atoms with Gasteiger partial charge in [0.1, 0.15) is 0 Å². The number of amides is 1. The van der Waals surface area contributed by atoms with E-state index in [2.05, 4.69) is 17.1 Å². The number of aromatic amines is 1. The van der Waals surface area contributed by atoms with Crippen LogP contribution in [0.4, 0.5) is 0 Å². The molecule has 3 heterocycles. The highest BCUT2D eigenvalue weighted by molar-refractivity contribution is 7.99. The minimum Gasteiger partial charge on any atom is -0.358 e. The van der Waals surface area contributed by atoms with Gasteiger partial charge in [-0.1, -0.05) is 61.4 Å². The van der Waals surface area contributed by atoms with Gasteiger partial charge in [-0.25, -0.2) is 4.98 Å². The van der Waals surface area contributed by atoms with Crippen molar-refractivity contribution < 1.29 is 4.79 Å². The van der Waals surface area contributed by atoms with Gasteiger partial charge >= 0.3 is 0 Å². The summed E-state index contributed by atoms with van der Waals surface area (Å²) in [5.41, 5.74) is 4.32. The molecular formula is C27H28N4O2S. The predicted octanol–water partition coefficient (Wildman–Crippen LogP) is 5.06. The Morgan fingerprint density at radius 1 is 1.03 bits per heavy atom. The van der Waals surface area contributed by atoms with E-state index in [4.69, 9.17) is 4.98 Å². The van der Waals surface area contributed by atoms with Crippen molar-refractivity contribution in [1.82, 2.24) is 19.4 Å². The number of benzene rings is 2. The molecule has 1 aliphatic carbocycles. The van der Waals surface area contributed by atoms with Gasteiger partial charge in [0.15, 0.2) is 5.16 Å². The standard InChI is InChI=1S/C27H28N4O2S/c32-25(30-15-14-24-21(16-30)19-10-4-6-12-22(19)28-24)17-34-27-29-23-13-7-5-11-20(23)26(33)31(27)18-8-2-1-3-9-18/h4-7,10-13,18,28H,1-3,8-9,14-17H2. The molecule has 4 aromatic rings. The molecule has 0 saturated heterocycles. The fourth-order valence-corrected chi connectivity index (χ4v) is 6.45. The monoisotopic (exact) mass is 472 g/mol. The number of hydrogen-bond acceptors (Lipinski definition) is 4. The Labute approximate surface area is 202 Å². The summed E-state index contributed by atoms with van der Waals surface area (Å²) in [6.07, 6.45) is 6.31. The van der Waals surface area contributed by atoms with Crippen LogP contribution in [0.3, 0.4) is 0 Å². The van der Waals surface area contributed by atoms with Crippen LogP contribution in [-0.4, -0.2) is 37.6 Å². The summed E-state index contributed by atoms with van der Waals surface area (Å²) in [7, 11) is 0. The zero-order valence-electron chi connectivity index (χ0n) is 19.1. The van der Waals surface area contributed by atoms with E-state index in [-0.39, 0.29) is 23.3 Å². The van der Waals surface area contributed by atoms with Crippen LogP contribution < -0.4 is 5.56 Å². The molecule has 0 spiro atoms. The van der Waals surface area contributed by atoms with E-state index < -0.39 is 0 Å². The lowest BCUT2D eigenvalue weighted by Crippen LogP contribution is -2.37. The van der Waals surface area contributed by atoms with Gasteiger partial charge in [0.25, 0.3) is 5.56 Å². The third-order valence-electron chi connectivity index (χ3n) is 7.28. The highest BCUT2D eigenvalue weighted by Gasteiger charge is 2.26. The Hall–Kier alpha value is -3.06. The Bertz CT molecular complexity index is 1430. The molecular weight excluding hydrogens is 444 g/mol. The van der Waals surface area contributed by atoms with Gasteiger partial charge in [-0.05, 0) is 31.0 Å². The molecule has 0 radical (unpaired) electrons. The molecule has 1 amide bonds. The van der Waals surface area contributed by atoms with Crippen molar-refractivity contribution in [1.29, 1.82) is 0 Å². The first kappa shape index (κ1) is 21.5. The molecule has 2 aliphatic rings. The lowest BCUT2D eigenvalue weighted by Gasteiger charge is -2.28. The maximum Gasteiger partial charge on any atom is 0.262 e. The first-order valence-corrected chi connectivity index (χ1v) is 13.2. The van der Waals surface area contributed by atoms with Crippen LogP contribution in [0.15, 0.2) is 58.5 Å². The first-order chi connectivity index (χ1) is 16.7. The molecule has 34 heavy (non-hydrogen) atoms. The van der Waals surface area contributed by atoms with Crippen molar-refractivity contribution in [3.05, 3.63) is 70.1 Å². The summed E-state index contributed by atoms with van der Waals surface area (Å²) in [6.45, 7) is 1.33. The third kappa shape index (κ3) is 3.82. The van der Waals surface area contributed by atoms with Crippen LogP contribution in [0, 0.1) is 0 Å². The van der Waals surface area contributed by atoms with Gasteiger partial charge in [-0.15, -0.1) is 0 Å². The van der Waals surface area contributed by atoms with Crippen LogP contribution in [0.1, 0.15) is 49.4 Å². The van der Waals surface area contributed by atoms with Crippen LogP contribution >= 0.6 is 11.8 Å². The number of para-hydroxylation sites is 2. The van der Waals surface area contributed by atoms with E-state index in [9.17, 15) is 9.59 Å². The smallest absolute Gasteiger partial charge is 0.262 e. The molecule has 1 fully saturated rings. The predicted molar refractivity (Wildman–Crippen MR) is 136 cm³/mol. The van der Waals surface area contributed by atoms with Gasteiger partial charge in [0.2, 0.25) is 5.91 Å². The Balaban J connectivity index is 1.26. The zero-order valence-corrected chi connectivity index (χ0v) is 19.9. The normalized spacial score (nSPS) is 16.8. The molecule has 6 nitrogen and oxygen atoms in total. The number of hydrogen-bond donors (Lipinski definition) is 1. The van der Waals surface area contributed by atoms with Crippen LogP contribution in [-0.2, 0) is 17.8 Å². The molecule has 7 heteroatoms. The SMILES string of the molecule is O=C(CSc1nc2ccccc2c(=O)n1C1CCCCC1)N1CCc2[nH]c3ccccc3c2C1. The summed E-state index contributed by atoms with van der Waals surface area (Å²) in [6, 6.07) is 16.0. The topological polar surface area (TPSA) is 71.0 Å². The lowest BCUT2D eigenvalue weighted by atomic mass is 9.95. The van der Waals surface area contributed by atoms with Crippen LogP contribution in [0.5, 0.6) is 0 Å². The van der Waals surface area contributed by atoms with Crippen molar-refractivity contribution in [3.63, 3.8) is 0 Å². The molecule has 2 aromatic carbocycles. The number of rotatable bonds is 4. The minimum absolute atomic E-state index is 0.0221. The number of carbonyl (C=O) groups is 1. The molecule has 0 bridgehead atoms. The Kier molecular flexibility index (Phi) is 5.65. The third-order valence-corrected chi connectivity index (χ3v) is 8.21. The Morgan fingerprint density at radius 3 is 2.65 bits per heavy atom. The van der Waals surface area contributed by atoms with Gasteiger partial charge in [-0.2, -0.15) is 0 Å². The van der Waals surface area contributed by atoms with E-state index in [0.29, 0.717) is 29.1 Å². The summed E-state index contributed by atoms with van der Waals surface area (Å²) in [5, 5.41) is 2.53. The summed E-state index contributed by atoms with van der Waals surface area (Å²) >= 11 is 1.41. The van der Waals surface area contributed by atoms with Gasteiger partial charge in [0.05, 0.1) is 16.7 Å². The van der Waals surface area contributed by atoms with Crippen molar-refractivity contribution in [3.8, 4) is 0 Å². The molecule has 0 atom stereocenters. The molecule has 174 valence electrons. The van der Waals surface area contributed by atoms with Crippen LogP contribution in [0.2, 0.25) is 0 Å². The number of thioether (sulfide) groups is 1. The number of nitrogens with zero attached hydrogens (tertiary/aromatic N) is 3. The van der Waals surface area contributed by atoms with Gasteiger partial charge in [-0.3, -0.25) is 14.2 Å². The van der Waals surface area contributed by atoms with E-state index in [1.807, 2.05) is 45.9 Å². The maximum atomic E-state index is 13.4. The number of nitrogens with one attached hydrogen (secondary N) is 1. The van der Waals surface area contributed by atoms with Crippen molar-refractivity contribution >= 4 is 39.5 Å². The molecule has 1 saturated carbocycles. The summed E-state index contributed by atoms with van der Waals surface area (Å²) in [5.74, 6) is 0.383. The van der Waals surface area contributed by atoms with E-state index >= 15 is 0 Å². The van der Waals surface area contributed by atoms with Crippen molar-refractivity contribution in [2.75, 3.05) is 12.3 Å². The minimum atomic E-state index is 0.0221. The second-order valence-electron chi connectivity index (χ2n) is 9.36. The van der Waals surface area contributed by atoms with E-state index in [1.54, 1.807) is 0 Å². The molecule has 2 aromatic heterocycles. The van der Waals surface area contributed by atoms with E-state index in [0.717, 1.165) is 37.6 Å². The number of H-pyrrole nitrogens is 1. The fraction of sp³-hybridized carbons (Fsp3) is 0.370. The van der Waals surface area contributed by atoms with Crippen molar-refractivity contribution in [2.45, 2.75) is 56.3 Å². The molecule has 0 unspecified atom stereocenters. The average Bonchev–Trinajstić information content (AvgIpc) is 3.26. The number of carbonyl (C=O) groups excluding carboxylic acids is 1. The fourth-order valence-electron chi connectivity index (χ4n) is 5.49. The molecule has 1 aliphatic heterocycles. The largest absolute Gasteiger partial charge is 0.358 e. The van der Waals surface area contributed by atoms with Crippen LogP contribution in [0.25, 0.3) is 21.8 Å². The van der Waals surface area contributed by atoms with Gasteiger partial charge in [0, 0.05) is 47.7 Å². The summed E-state index contributed by atoms with van der Waals surface area (Å²) < 4.78 is 1.88. The first-order valence-electron chi connectivity index (χ1n) is 12.2. The van der Waals surface area contributed by atoms with Crippen molar-refractivity contribution in [2.24, 2.45) is 0 Å². The zero-order chi connectivity index (χ0) is 23.1. The second-order valence-corrected chi connectivity index (χ2v) is 10.3. The maximum absolute atomic E-state index is 13.4. The second kappa shape index (κ2) is 8.95. The number of fused-ring (bicyclic) bond motifs is 4. The number of aromatic nitrogens is 3. The highest BCUT2D eigenvalue weighted by atomic mass is 32.2. The Morgan fingerprint density at radius 2 is 1.79 bits per heavy atom. The molecule has 1 N–H and O–H groups in total. The average molecular weight is 473 g/mol. The highest BCUT2D eigenvalue weighted by Crippen LogP contribution is 2.32. The summed E-state index contributed by atoms with van der Waals surface area (Å²) in [4.78, 5) is 37.0. The molecule has 6 rings (SSSR count). The van der Waals surface area contributed by atoms with E-state index in [1.165, 1.54) is 34.8 Å². The van der Waals surface area contributed by atoms with Gasteiger partial charge < -0.3 is 9.88 Å². The quantitative estimate of drug-likeness (QED) is 0.333. The lowest BCUT2D eigenvalue weighted by molar-refractivity contribution is -0.129.